The Balaban J connectivity index is 1.32. The number of amides is 3. The third kappa shape index (κ3) is 5.62. The topological polar surface area (TPSA) is 92.8 Å². The lowest BCUT2D eigenvalue weighted by Crippen LogP contribution is -2.30. The van der Waals surface area contributed by atoms with Crippen molar-refractivity contribution in [3.8, 4) is 0 Å². The number of nitrogens with zero attached hydrogens (tertiary/aromatic N) is 1. The molecule has 0 spiro atoms. The second-order valence-electron chi connectivity index (χ2n) is 6.93. The van der Waals surface area contributed by atoms with Crippen LogP contribution in [0, 0.1) is 0 Å². The molecule has 2 aromatic carbocycles. The highest BCUT2D eigenvalue weighted by atomic mass is 35.5. The van der Waals surface area contributed by atoms with Crippen molar-refractivity contribution < 1.29 is 23.9 Å². The maximum atomic E-state index is 12.3. The molecule has 0 saturated heterocycles. The molecule has 1 heterocycles. The molecule has 9 heteroatoms. The van der Waals surface area contributed by atoms with E-state index in [1.54, 1.807) is 42.5 Å². The summed E-state index contributed by atoms with van der Waals surface area (Å²) in [5.74, 6) is -1.60. The first kappa shape index (κ1) is 22.8. The van der Waals surface area contributed by atoms with Gasteiger partial charge in [-0.05, 0) is 37.1 Å². The molecule has 0 aromatic heterocycles. The monoisotopic (exact) mass is 462 g/mol. The van der Waals surface area contributed by atoms with Crippen molar-refractivity contribution in [1.82, 2.24) is 4.90 Å². The standard InChI is InChI=1S/C22H20Cl2N2O5/c23-16-9-6-10-17(20(16)24)25-18(27)13-31-19(28)11-2-1-5-12-26-21(29)14-7-3-4-8-15(14)22(26)30/h3-4,6-10H,1-2,5,11-13H2,(H,25,27). The average Bonchev–Trinajstić information content (AvgIpc) is 3.00. The van der Waals surface area contributed by atoms with Crippen LogP contribution in [0.2, 0.25) is 10.0 Å². The van der Waals surface area contributed by atoms with Gasteiger partial charge in [-0.2, -0.15) is 0 Å². The smallest absolute Gasteiger partial charge is 0.306 e. The summed E-state index contributed by atoms with van der Waals surface area (Å²) in [6.07, 6.45) is 1.86. The van der Waals surface area contributed by atoms with Crippen LogP contribution in [0.1, 0.15) is 46.4 Å². The molecule has 3 rings (SSSR count). The van der Waals surface area contributed by atoms with Crippen molar-refractivity contribution in [3.05, 3.63) is 63.6 Å². The van der Waals surface area contributed by atoms with Gasteiger partial charge in [0.1, 0.15) is 0 Å². The second-order valence-corrected chi connectivity index (χ2v) is 7.71. The molecular formula is C22H20Cl2N2O5. The Kier molecular flexibility index (Phi) is 7.65. The molecule has 0 radical (unpaired) electrons. The van der Waals surface area contributed by atoms with Crippen LogP contribution in [0.15, 0.2) is 42.5 Å². The van der Waals surface area contributed by atoms with Gasteiger partial charge < -0.3 is 10.1 Å². The molecule has 7 nitrogen and oxygen atoms in total. The third-order valence-electron chi connectivity index (χ3n) is 4.73. The van der Waals surface area contributed by atoms with Crippen molar-refractivity contribution in [3.63, 3.8) is 0 Å². The molecular weight excluding hydrogens is 443 g/mol. The Morgan fingerprint density at radius 2 is 1.58 bits per heavy atom. The van der Waals surface area contributed by atoms with Crippen LogP contribution in [0.25, 0.3) is 0 Å². The predicted octanol–water partition coefficient (Wildman–Crippen LogP) is 4.33. The van der Waals surface area contributed by atoms with Gasteiger partial charge in [0.05, 0.1) is 26.9 Å². The van der Waals surface area contributed by atoms with Gasteiger partial charge in [-0.1, -0.05) is 47.8 Å². The maximum absolute atomic E-state index is 12.3. The molecule has 0 aliphatic carbocycles. The number of hydrogen-bond acceptors (Lipinski definition) is 5. The zero-order valence-corrected chi connectivity index (χ0v) is 18.0. The van der Waals surface area contributed by atoms with E-state index in [4.69, 9.17) is 27.9 Å². The summed E-state index contributed by atoms with van der Waals surface area (Å²) in [7, 11) is 0. The van der Waals surface area contributed by atoms with E-state index in [0.717, 1.165) is 0 Å². The number of hydrogen-bond donors (Lipinski definition) is 1. The highest BCUT2D eigenvalue weighted by molar-refractivity contribution is 6.44. The molecule has 162 valence electrons. The van der Waals surface area contributed by atoms with E-state index < -0.39 is 18.5 Å². The Hall–Kier alpha value is -2.90. The molecule has 0 saturated carbocycles. The summed E-state index contributed by atoms with van der Waals surface area (Å²) in [5, 5.41) is 3.04. The van der Waals surface area contributed by atoms with Crippen LogP contribution < -0.4 is 5.32 Å². The Morgan fingerprint density at radius 3 is 2.26 bits per heavy atom. The second kappa shape index (κ2) is 10.4. The van der Waals surface area contributed by atoms with E-state index in [-0.39, 0.29) is 23.3 Å². The van der Waals surface area contributed by atoms with Gasteiger partial charge in [-0.3, -0.25) is 24.1 Å². The molecule has 1 aliphatic heterocycles. The van der Waals surface area contributed by atoms with Gasteiger partial charge in [0.25, 0.3) is 17.7 Å². The van der Waals surface area contributed by atoms with Crippen LogP contribution in [0.5, 0.6) is 0 Å². The average molecular weight is 463 g/mol. The number of esters is 1. The molecule has 2 aromatic rings. The number of rotatable bonds is 9. The summed E-state index contributed by atoms with van der Waals surface area (Å²) >= 11 is 11.9. The fourth-order valence-corrected chi connectivity index (χ4v) is 3.51. The number of nitrogens with one attached hydrogen (secondary N) is 1. The van der Waals surface area contributed by atoms with Crippen molar-refractivity contribution in [2.24, 2.45) is 0 Å². The number of unbranched alkanes of at least 4 members (excludes halogenated alkanes) is 2. The predicted molar refractivity (Wildman–Crippen MR) is 116 cm³/mol. The molecule has 3 amide bonds. The quantitative estimate of drug-likeness (QED) is 0.340. The normalized spacial score (nSPS) is 12.6. The van der Waals surface area contributed by atoms with Crippen LogP contribution in [-0.4, -0.2) is 41.7 Å². The molecule has 1 N–H and O–H groups in total. The SMILES string of the molecule is O=C(COC(=O)CCCCCN1C(=O)c2ccccc2C1=O)Nc1cccc(Cl)c1Cl. The molecule has 1 aliphatic rings. The number of benzene rings is 2. The van der Waals surface area contributed by atoms with Crippen molar-refractivity contribution >= 4 is 52.6 Å². The first-order valence-corrected chi connectivity index (χ1v) is 10.5. The minimum absolute atomic E-state index is 0.132. The minimum Gasteiger partial charge on any atom is -0.456 e. The van der Waals surface area contributed by atoms with Gasteiger partial charge >= 0.3 is 5.97 Å². The van der Waals surface area contributed by atoms with E-state index in [9.17, 15) is 19.2 Å². The number of imide groups is 1. The zero-order valence-electron chi connectivity index (χ0n) is 16.5. The minimum atomic E-state index is -0.525. The van der Waals surface area contributed by atoms with Crippen LogP contribution in [0.4, 0.5) is 5.69 Å². The Bertz CT molecular complexity index is 990. The summed E-state index contributed by atoms with van der Waals surface area (Å²) in [6.45, 7) is -0.138. The van der Waals surface area contributed by atoms with Crippen molar-refractivity contribution in [2.75, 3.05) is 18.5 Å². The van der Waals surface area contributed by atoms with Gasteiger partial charge in [0.2, 0.25) is 0 Å². The van der Waals surface area contributed by atoms with E-state index in [1.165, 1.54) is 4.90 Å². The van der Waals surface area contributed by atoms with E-state index in [1.807, 2.05) is 0 Å². The molecule has 0 unspecified atom stereocenters. The summed E-state index contributed by atoms with van der Waals surface area (Å²) in [4.78, 5) is 49.5. The van der Waals surface area contributed by atoms with Gasteiger partial charge in [-0.25, -0.2) is 0 Å². The van der Waals surface area contributed by atoms with Crippen molar-refractivity contribution in [2.45, 2.75) is 25.7 Å². The highest BCUT2D eigenvalue weighted by Crippen LogP contribution is 2.29. The lowest BCUT2D eigenvalue weighted by atomic mass is 10.1. The Morgan fingerprint density at radius 1 is 0.903 bits per heavy atom. The first-order chi connectivity index (χ1) is 14.9. The van der Waals surface area contributed by atoms with E-state index >= 15 is 0 Å². The summed E-state index contributed by atoms with van der Waals surface area (Å²) in [5.41, 5.74) is 1.19. The molecule has 31 heavy (non-hydrogen) atoms. The van der Waals surface area contributed by atoms with Gasteiger partial charge in [-0.15, -0.1) is 0 Å². The number of fused-ring (bicyclic) bond motifs is 1. The fraction of sp³-hybridized carbons (Fsp3) is 0.273. The van der Waals surface area contributed by atoms with E-state index in [2.05, 4.69) is 5.32 Å². The Labute approximate surface area is 189 Å². The van der Waals surface area contributed by atoms with Crippen LogP contribution in [-0.2, 0) is 14.3 Å². The molecule has 0 bridgehead atoms. The number of carbonyl (C=O) groups is 4. The zero-order chi connectivity index (χ0) is 22.4. The van der Waals surface area contributed by atoms with Crippen LogP contribution in [0.3, 0.4) is 0 Å². The fourth-order valence-electron chi connectivity index (χ4n) is 3.16. The molecule has 0 atom stereocenters. The molecule has 0 fully saturated rings. The first-order valence-electron chi connectivity index (χ1n) is 9.73. The number of anilines is 1. The van der Waals surface area contributed by atoms with Gasteiger partial charge in [0, 0.05) is 13.0 Å². The number of halogens is 2. The lowest BCUT2D eigenvalue weighted by molar-refractivity contribution is -0.147. The summed E-state index contributed by atoms with van der Waals surface area (Å²) < 4.78 is 4.96. The number of carbonyl (C=O) groups excluding carboxylic acids is 4. The van der Waals surface area contributed by atoms with E-state index in [0.29, 0.717) is 47.6 Å². The maximum Gasteiger partial charge on any atom is 0.306 e. The summed E-state index contributed by atoms with van der Waals surface area (Å²) in [6, 6.07) is 11.5. The van der Waals surface area contributed by atoms with Crippen molar-refractivity contribution in [1.29, 1.82) is 0 Å². The third-order valence-corrected chi connectivity index (χ3v) is 5.55. The van der Waals surface area contributed by atoms with Gasteiger partial charge in [0.15, 0.2) is 6.61 Å². The lowest BCUT2D eigenvalue weighted by Gasteiger charge is -2.13. The number of ether oxygens (including phenoxy) is 1. The van der Waals surface area contributed by atoms with Crippen LogP contribution >= 0.6 is 23.2 Å². The largest absolute Gasteiger partial charge is 0.456 e. The highest BCUT2D eigenvalue weighted by Gasteiger charge is 2.34.